The standard InChI is InChI=1S/C19H19N3O2S/c1-12-6-7-18(25-12)15-11-16(21-20-15)19(23)22-9-8-17(22)13-4-3-5-14(10-13)24-2/h3-7,10-11,17H,8-9H2,1-2H3,(H,20,21). The van der Waals surface area contributed by atoms with Crippen molar-refractivity contribution in [1.29, 1.82) is 0 Å². The number of thiophene rings is 1. The van der Waals surface area contributed by atoms with Gasteiger partial charge in [-0.1, -0.05) is 12.1 Å². The molecule has 0 saturated carbocycles. The maximum absolute atomic E-state index is 12.8. The van der Waals surface area contributed by atoms with E-state index in [1.54, 1.807) is 18.4 Å². The highest BCUT2D eigenvalue weighted by Crippen LogP contribution is 2.36. The number of H-pyrrole nitrogens is 1. The smallest absolute Gasteiger partial charge is 0.274 e. The lowest BCUT2D eigenvalue weighted by atomic mass is 9.94. The Morgan fingerprint density at radius 3 is 2.88 bits per heavy atom. The molecule has 2 aromatic heterocycles. The van der Waals surface area contributed by atoms with Crippen LogP contribution in [0.5, 0.6) is 5.75 Å². The molecule has 1 saturated heterocycles. The van der Waals surface area contributed by atoms with Crippen molar-refractivity contribution in [2.45, 2.75) is 19.4 Å². The first kappa shape index (κ1) is 15.9. The Labute approximate surface area is 150 Å². The zero-order valence-corrected chi connectivity index (χ0v) is 15.0. The van der Waals surface area contributed by atoms with Gasteiger partial charge in [0.05, 0.1) is 23.7 Å². The number of rotatable bonds is 4. The lowest BCUT2D eigenvalue weighted by Crippen LogP contribution is -2.45. The molecule has 3 heterocycles. The summed E-state index contributed by atoms with van der Waals surface area (Å²) in [5.41, 5.74) is 2.46. The summed E-state index contributed by atoms with van der Waals surface area (Å²) >= 11 is 1.69. The van der Waals surface area contributed by atoms with Gasteiger partial charge in [-0.25, -0.2) is 0 Å². The highest BCUT2D eigenvalue weighted by Gasteiger charge is 2.35. The number of methoxy groups -OCH3 is 1. The Morgan fingerprint density at radius 2 is 2.20 bits per heavy atom. The molecule has 1 amide bonds. The number of likely N-dealkylation sites (tertiary alicyclic amines) is 1. The molecule has 0 bridgehead atoms. The first-order chi connectivity index (χ1) is 12.2. The predicted octanol–water partition coefficient (Wildman–Crippen LogP) is 4.04. The van der Waals surface area contributed by atoms with Crippen LogP contribution < -0.4 is 4.74 Å². The van der Waals surface area contributed by atoms with Gasteiger partial charge in [-0.2, -0.15) is 5.10 Å². The Balaban J connectivity index is 1.54. The number of nitrogens with zero attached hydrogens (tertiary/aromatic N) is 2. The van der Waals surface area contributed by atoms with E-state index in [1.807, 2.05) is 41.3 Å². The van der Waals surface area contributed by atoms with E-state index in [2.05, 4.69) is 23.2 Å². The Morgan fingerprint density at radius 1 is 1.32 bits per heavy atom. The second-order valence-electron chi connectivity index (χ2n) is 6.16. The predicted molar refractivity (Wildman–Crippen MR) is 98.0 cm³/mol. The van der Waals surface area contributed by atoms with Crippen molar-refractivity contribution in [2.75, 3.05) is 13.7 Å². The van der Waals surface area contributed by atoms with Crippen LogP contribution in [0.3, 0.4) is 0 Å². The Bertz CT molecular complexity index is 915. The molecule has 1 aliphatic heterocycles. The van der Waals surface area contributed by atoms with Gasteiger partial charge in [-0.05, 0) is 49.2 Å². The molecule has 5 nitrogen and oxygen atoms in total. The fourth-order valence-electron chi connectivity index (χ4n) is 3.11. The molecule has 6 heteroatoms. The first-order valence-corrected chi connectivity index (χ1v) is 9.04. The highest BCUT2D eigenvalue weighted by molar-refractivity contribution is 7.15. The van der Waals surface area contributed by atoms with E-state index in [0.29, 0.717) is 5.69 Å². The average Bonchev–Trinajstić information content (AvgIpc) is 3.23. The van der Waals surface area contributed by atoms with E-state index < -0.39 is 0 Å². The van der Waals surface area contributed by atoms with Crippen LogP contribution >= 0.6 is 11.3 Å². The quantitative estimate of drug-likeness (QED) is 0.770. The molecule has 3 aromatic rings. The number of benzene rings is 1. The zero-order chi connectivity index (χ0) is 17.4. The van der Waals surface area contributed by atoms with Crippen LogP contribution in [0.15, 0.2) is 42.5 Å². The molecule has 1 aromatic carbocycles. The van der Waals surface area contributed by atoms with Gasteiger partial charge in [-0.15, -0.1) is 11.3 Å². The summed E-state index contributed by atoms with van der Waals surface area (Å²) in [6.45, 7) is 2.82. The van der Waals surface area contributed by atoms with Crippen LogP contribution in [0.4, 0.5) is 0 Å². The average molecular weight is 353 g/mol. The molecule has 0 radical (unpaired) electrons. The summed E-state index contributed by atoms with van der Waals surface area (Å²) < 4.78 is 5.29. The van der Waals surface area contributed by atoms with Gasteiger partial charge in [0, 0.05) is 11.4 Å². The topological polar surface area (TPSA) is 58.2 Å². The summed E-state index contributed by atoms with van der Waals surface area (Å²) in [7, 11) is 1.65. The Kier molecular flexibility index (Phi) is 4.05. The van der Waals surface area contributed by atoms with Crippen LogP contribution in [0.2, 0.25) is 0 Å². The van der Waals surface area contributed by atoms with Crippen molar-refractivity contribution in [1.82, 2.24) is 15.1 Å². The third kappa shape index (κ3) is 2.93. The maximum Gasteiger partial charge on any atom is 0.274 e. The number of carbonyl (C=O) groups is 1. The van der Waals surface area contributed by atoms with E-state index in [1.165, 1.54) is 4.88 Å². The number of hydrogen-bond acceptors (Lipinski definition) is 4. The number of hydrogen-bond donors (Lipinski definition) is 1. The van der Waals surface area contributed by atoms with Gasteiger partial charge < -0.3 is 9.64 Å². The summed E-state index contributed by atoms with van der Waals surface area (Å²) in [5, 5.41) is 7.22. The normalized spacial score (nSPS) is 16.6. The van der Waals surface area contributed by atoms with Gasteiger partial charge in [0.1, 0.15) is 5.75 Å². The van der Waals surface area contributed by atoms with Crippen LogP contribution in [-0.2, 0) is 0 Å². The molecule has 0 aliphatic carbocycles. The van der Waals surface area contributed by atoms with Crippen LogP contribution in [0.1, 0.15) is 33.4 Å². The summed E-state index contributed by atoms with van der Waals surface area (Å²) in [4.78, 5) is 17.0. The van der Waals surface area contributed by atoms with Gasteiger partial charge >= 0.3 is 0 Å². The van der Waals surface area contributed by atoms with E-state index in [4.69, 9.17) is 4.74 Å². The molecular weight excluding hydrogens is 334 g/mol. The van der Waals surface area contributed by atoms with Crippen LogP contribution in [-0.4, -0.2) is 34.7 Å². The third-order valence-electron chi connectivity index (χ3n) is 4.56. The molecule has 1 N–H and O–H groups in total. The van der Waals surface area contributed by atoms with E-state index in [9.17, 15) is 4.79 Å². The summed E-state index contributed by atoms with van der Waals surface area (Å²) in [6, 6.07) is 14.0. The second kappa shape index (κ2) is 6.37. The van der Waals surface area contributed by atoms with Gasteiger partial charge in [0.15, 0.2) is 5.69 Å². The van der Waals surface area contributed by atoms with Crippen molar-refractivity contribution in [3.8, 4) is 16.3 Å². The van der Waals surface area contributed by atoms with Gasteiger partial charge in [-0.3, -0.25) is 9.89 Å². The summed E-state index contributed by atoms with van der Waals surface area (Å²) in [6.07, 6.45) is 0.959. The van der Waals surface area contributed by atoms with E-state index in [-0.39, 0.29) is 11.9 Å². The lowest BCUT2D eigenvalue weighted by molar-refractivity contribution is 0.0453. The minimum Gasteiger partial charge on any atom is -0.497 e. The number of aromatic amines is 1. The molecule has 128 valence electrons. The molecule has 1 unspecified atom stereocenters. The van der Waals surface area contributed by atoms with Crippen molar-refractivity contribution in [3.63, 3.8) is 0 Å². The molecule has 4 rings (SSSR count). The molecule has 0 spiro atoms. The fraction of sp³-hybridized carbons (Fsp3) is 0.263. The van der Waals surface area contributed by atoms with Crippen molar-refractivity contribution >= 4 is 17.2 Å². The molecule has 1 fully saturated rings. The molecular formula is C19H19N3O2S. The minimum atomic E-state index is -0.0325. The third-order valence-corrected chi connectivity index (χ3v) is 5.60. The monoisotopic (exact) mass is 353 g/mol. The van der Waals surface area contributed by atoms with E-state index in [0.717, 1.165) is 34.8 Å². The number of ether oxygens (including phenoxy) is 1. The lowest BCUT2D eigenvalue weighted by Gasteiger charge is -2.41. The molecule has 1 aliphatic rings. The van der Waals surface area contributed by atoms with Crippen molar-refractivity contribution < 1.29 is 9.53 Å². The van der Waals surface area contributed by atoms with Gasteiger partial charge in [0.25, 0.3) is 5.91 Å². The number of aryl methyl sites for hydroxylation is 1. The SMILES string of the molecule is COc1cccc(C2CCN2C(=O)c2cc(-c3ccc(C)s3)[nH]n2)c1. The fourth-order valence-corrected chi connectivity index (χ4v) is 3.94. The molecule has 1 atom stereocenters. The Hall–Kier alpha value is -2.60. The van der Waals surface area contributed by atoms with Gasteiger partial charge in [0.2, 0.25) is 0 Å². The van der Waals surface area contributed by atoms with Crippen LogP contribution in [0, 0.1) is 6.92 Å². The highest BCUT2D eigenvalue weighted by atomic mass is 32.1. The largest absolute Gasteiger partial charge is 0.497 e. The zero-order valence-electron chi connectivity index (χ0n) is 14.2. The summed E-state index contributed by atoms with van der Waals surface area (Å²) in [5.74, 6) is 0.779. The number of amides is 1. The van der Waals surface area contributed by atoms with Crippen molar-refractivity contribution in [3.05, 3.63) is 58.6 Å². The van der Waals surface area contributed by atoms with Crippen LogP contribution in [0.25, 0.3) is 10.6 Å². The number of carbonyl (C=O) groups excluding carboxylic acids is 1. The minimum absolute atomic E-state index is 0.0325. The maximum atomic E-state index is 12.8. The number of nitrogens with one attached hydrogen (secondary N) is 1. The van der Waals surface area contributed by atoms with Crippen molar-refractivity contribution in [2.24, 2.45) is 0 Å². The number of aromatic nitrogens is 2. The molecule has 25 heavy (non-hydrogen) atoms. The first-order valence-electron chi connectivity index (χ1n) is 8.23. The van der Waals surface area contributed by atoms with E-state index >= 15 is 0 Å². The second-order valence-corrected chi connectivity index (χ2v) is 7.44.